The summed E-state index contributed by atoms with van der Waals surface area (Å²) in [6.45, 7) is 5.60. The normalized spacial score (nSPS) is 12.5. The maximum absolute atomic E-state index is 13.7. The molecule has 19 heavy (non-hydrogen) atoms. The highest BCUT2D eigenvalue weighted by molar-refractivity contribution is 5.35. The van der Waals surface area contributed by atoms with E-state index in [-0.39, 0.29) is 11.9 Å². The number of pyridine rings is 1. The van der Waals surface area contributed by atoms with Crippen molar-refractivity contribution in [1.82, 2.24) is 10.4 Å². The Morgan fingerprint density at radius 2 is 1.68 bits per heavy atom. The number of rotatable bonds is 3. The van der Waals surface area contributed by atoms with Gasteiger partial charge in [-0.2, -0.15) is 0 Å². The van der Waals surface area contributed by atoms with Crippen molar-refractivity contribution in [3.63, 3.8) is 0 Å². The summed E-state index contributed by atoms with van der Waals surface area (Å²) in [6, 6.07) is 8.83. The molecule has 0 spiro atoms. The molecular formula is C15H18FN3. The van der Waals surface area contributed by atoms with E-state index in [9.17, 15) is 4.39 Å². The first-order valence-corrected chi connectivity index (χ1v) is 6.18. The van der Waals surface area contributed by atoms with Crippen molar-refractivity contribution in [2.24, 2.45) is 5.84 Å². The fourth-order valence-electron chi connectivity index (χ4n) is 2.21. The van der Waals surface area contributed by atoms with Crippen molar-refractivity contribution in [2.75, 3.05) is 0 Å². The number of hydrazine groups is 1. The van der Waals surface area contributed by atoms with Gasteiger partial charge in [0.05, 0.1) is 6.04 Å². The standard InChI is InChI=1S/C15H18FN3/c1-9-4-5-12(8-14(9)16)15(19-17)13-6-10(2)18-11(3)7-13/h4-8,15,19H,17H2,1-3H3. The molecule has 0 bridgehead atoms. The van der Waals surface area contributed by atoms with Crippen LogP contribution in [0.5, 0.6) is 0 Å². The predicted octanol–water partition coefficient (Wildman–Crippen LogP) is 2.70. The van der Waals surface area contributed by atoms with Gasteiger partial charge in [-0.15, -0.1) is 0 Å². The van der Waals surface area contributed by atoms with Gasteiger partial charge in [0, 0.05) is 11.4 Å². The third kappa shape index (κ3) is 2.97. The van der Waals surface area contributed by atoms with Crippen molar-refractivity contribution < 1.29 is 4.39 Å². The number of hydrogen-bond donors (Lipinski definition) is 2. The largest absolute Gasteiger partial charge is 0.271 e. The molecule has 0 radical (unpaired) electrons. The average molecular weight is 259 g/mol. The molecule has 1 aromatic heterocycles. The molecule has 1 unspecified atom stereocenters. The Balaban J connectivity index is 2.46. The summed E-state index contributed by atoms with van der Waals surface area (Å²) in [6.07, 6.45) is 0. The molecule has 0 saturated heterocycles. The molecule has 0 aliphatic rings. The lowest BCUT2D eigenvalue weighted by Crippen LogP contribution is -2.29. The van der Waals surface area contributed by atoms with E-state index >= 15 is 0 Å². The molecule has 3 nitrogen and oxygen atoms in total. The van der Waals surface area contributed by atoms with Crippen LogP contribution in [-0.4, -0.2) is 4.98 Å². The van der Waals surface area contributed by atoms with Gasteiger partial charge in [-0.25, -0.2) is 9.82 Å². The molecule has 3 N–H and O–H groups in total. The monoisotopic (exact) mass is 259 g/mol. The van der Waals surface area contributed by atoms with Crippen LogP contribution in [0.4, 0.5) is 4.39 Å². The molecule has 4 heteroatoms. The lowest BCUT2D eigenvalue weighted by molar-refractivity contribution is 0.598. The zero-order chi connectivity index (χ0) is 14.0. The Morgan fingerprint density at radius 3 is 2.21 bits per heavy atom. The average Bonchev–Trinajstić information content (AvgIpc) is 2.33. The lowest BCUT2D eigenvalue weighted by Gasteiger charge is -2.18. The Morgan fingerprint density at radius 1 is 1.05 bits per heavy atom. The van der Waals surface area contributed by atoms with E-state index in [1.165, 1.54) is 6.07 Å². The second-order valence-corrected chi connectivity index (χ2v) is 4.79. The van der Waals surface area contributed by atoms with Gasteiger partial charge < -0.3 is 0 Å². The van der Waals surface area contributed by atoms with E-state index in [1.807, 2.05) is 32.0 Å². The molecule has 2 rings (SSSR count). The molecule has 0 amide bonds. The molecule has 1 heterocycles. The minimum absolute atomic E-state index is 0.222. The van der Waals surface area contributed by atoms with Crippen molar-refractivity contribution >= 4 is 0 Å². The highest BCUT2D eigenvalue weighted by Gasteiger charge is 2.14. The van der Waals surface area contributed by atoms with Gasteiger partial charge in [0.25, 0.3) is 0 Å². The van der Waals surface area contributed by atoms with Crippen LogP contribution < -0.4 is 11.3 Å². The van der Waals surface area contributed by atoms with Gasteiger partial charge in [-0.1, -0.05) is 12.1 Å². The maximum atomic E-state index is 13.7. The molecule has 1 atom stereocenters. The van der Waals surface area contributed by atoms with Crippen molar-refractivity contribution in [3.05, 3.63) is 64.2 Å². The van der Waals surface area contributed by atoms with Crippen molar-refractivity contribution in [3.8, 4) is 0 Å². The predicted molar refractivity (Wildman–Crippen MR) is 74.0 cm³/mol. The summed E-state index contributed by atoms with van der Waals surface area (Å²) in [4.78, 5) is 4.33. The van der Waals surface area contributed by atoms with Crippen LogP contribution in [0, 0.1) is 26.6 Å². The van der Waals surface area contributed by atoms with Crippen LogP contribution in [-0.2, 0) is 0 Å². The smallest absolute Gasteiger partial charge is 0.126 e. The minimum atomic E-state index is -0.240. The summed E-state index contributed by atoms with van der Waals surface area (Å²) in [7, 11) is 0. The molecular weight excluding hydrogens is 241 g/mol. The van der Waals surface area contributed by atoms with E-state index in [4.69, 9.17) is 5.84 Å². The number of aryl methyl sites for hydroxylation is 3. The van der Waals surface area contributed by atoms with Crippen molar-refractivity contribution in [1.29, 1.82) is 0 Å². The first kappa shape index (κ1) is 13.6. The molecule has 1 aromatic carbocycles. The van der Waals surface area contributed by atoms with E-state index in [0.29, 0.717) is 5.56 Å². The fraction of sp³-hybridized carbons (Fsp3) is 0.267. The number of aromatic nitrogens is 1. The summed E-state index contributed by atoms with van der Waals surface area (Å²) < 4.78 is 13.7. The Hall–Kier alpha value is -1.78. The van der Waals surface area contributed by atoms with Crippen LogP contribution in [0.2, 0.25) is 0 Å². The maximum Gasteiger partial charge on any atom is 0.126 e. The third-order valence-corrected chi connectivity index (χ3v) is 3.13. The van der Waals surface area contributed by atoms with Crippen LogP contribution in [0.15, 0.2) is 30.3 Å². The Labute approximate surface area is 112 Å². The zero-order valence-corrected chi connectivity index (χ0v) is 11.4. The Kier molecular flexibility index (Phi) is 3.93. The molecule has 0 saturated carbocycles. The highest BCUT2D eigenvalue weighted by atomic mass is 19.1. The minimum Gasteiger partial charge on any atom is -0.271 e. The first-order valence-electron chi connectivity index (χ1n) is 6.18. The van der Waals surface area contributed by atoms with Gasteiger partial charge in [-0.05, 0) is 55.7 Å². The Bertz CT molecular complexity index is 576. The van der Waals surface area contributed by atoms with Gasteiger partial charge >= 0.3 is 0 Å². The van der Waals surface area contributed by atoms with Gasteiger partial charge in [0.2, 0.25) is 0 Å². The molecule has 0 fully saturated rings. The fourth-order valence-corrected chi connectivity index (χ4v) is 2.21. The molecule has 2 aromatic rings. The number of halogens is 1. The summed E-state index contributed by atoms with van der Waals surface area (Å²) in [5, 5.41) is 0. The van der Waals surface area contributed by atoms with E-state index < -0.39 is 0 Å². The number of benzene rings is 1. The third-order valence-electron chi connectivity index (χ3n) is 3.13. The van der Waals surface area contributed by atoms with Gasteiger partial charge in [0.1, 0.15) is 5.82 Å². The summed E-state index contributed by atoms with van der Waals surface area (Å²) in [5.74, 6) is 5.41. The molecule has 0 aliphatic heterocycles. The second-order valence-electron chi connectivity index (χ2n) is 4.79. The summed E-state index contributed by atoms with van der Waals surface area (Å²) in [5.41, 5.74) is 6.99. The lowest BCUT2D eigenvalue weighted by atomic mass is 9.97. The van der Waals surface area contributed by atoms with Crippen LogP contribution in [0.1, 0.15) is 34.1 Å². The second kappa shape index (κ2) is 5.47. The number of nitrogens with zero attached hydrogens (tertiary/aromatic N) is 1. The van der Waals surface area contributed by atoms with Gasteiger partial charge in [0.15, 0.2) is 0 Å². The molecule has 0 aliphatic carbocycles. The zero-order valence-electron chi connectivity index (χ0n) is 11.4. The number of nitrogens with two attached hydrogens (primary N) is 1. The SMILES string of the molecule is Cc1cc(C(NN)c2ccc(C)c(F)c2)cc(C)n1. The van der Waals surface area contributed by atoms with E-state index in [2.05, 4.69) is 10.4 Å². The number of hydrogen-bond acceptors (Lipinski definition) is 3. The summed E-state index contributed by atoms with van der Waals surface area (Å²) >= 11 is 0. The number of nitrogens with one attached hydrogen (secondary N) is 1. The van der Waals surface area contributed by atoms with E-state index in [1.54, 1.807) is 13.0 Å². The van der Waals surface area contributed by atoms with E-state index in [0.717, 1.165) is 22.5 Å². The highest BCUT2D eigenvalue weighted by Crippen LogP contribution is 2.24. The topological polar surface area (TPSA) is 50.9 Å². The first-order chi connectivity index (χ1) is 9.01. The van der Waals surface area contributed by atoms with Crippen LogP contribution >= 0.6 is 0 Å². The van der Waals surface area contributed by atoms with Gasteiger partial charge in [-0.3, -0.25) is 10.8 Å². The van der Waals surface area contributed by atoms with Crippen LogP contribution in [0.3, 0.4) is 0 Å². The van der Waals surface area contributed by atoms with Crippen LogP contribution in [0.25, 0.3) is 0 Å². The quantitative estimate of drug-likeness (QED) is 0.658. The van der Waals surface area contributed by atoms with Crippen molar-refractivity contribution in [2.45, 2.75) is 26.8 Å². The molecule has 100 valence electrons.